The van der Waals surface area contributed by atoms with Crippen molar-refractivity contribution in [2.45, 2.75) is 23.9 Å². The van der Waals surface area contributed by atoms with Gasteiger partial charge in [-0.3, -0.25) is 4.90 Å². The van der Waals surface area contributed by atoms with Gasteiger partial charge in [0, 0.05) is 50.0 Å². The zero-order valence-corrected chi connectivity index (χ0v) is 19.7. The summed E-state index contributed by atoms with van der Waals surface area (Å²) in [6.45, 7) is 3.99. The Morgan fingerprint density at radius 3 is 2.44 bits per heavy atom. The molecule has 0 aromatic heterocycles. The van der Waals surface area contributed by atoms with Gasteiger partial charge in [0.05, 0.1) is 6.04 Å². The number of hydrogen-bond acceptors (Lipinski definition) is 5. The lowest BCUT2D eigenvalue weighted by Crippen LogP contribution is -2.46. The van der Waals surface area contributed by atoms with E-state index >= 15 is 0 Å². The highest BCUT2D eigenvalue weighted by molar-refractivity contribution is 7.89. The van der Waals surface area contributed by atoms with Crippen molar-refractivity contribution in [3.05, 3.63) is 89.7 Å². The van der Waals surface area contributed by atoms with Gasteiger partial charge in [-0.2, -0.15) is 0 Å². The van der Waals surface area contributed by atoms with Crippen LogP contribution in [0.5, 0.6) is 5.75 Å². The highest BCUT2D eigenvalue weighted by Gasteiger charge is 2.29. The van der Waals surface area contributed by atoms with Crippen molar-refractivity contribution in [3.63, 3.8) is 0 Å². The van der Waals surface area contributed by atoms with E-state index < -0.39 is 10.0 Å². The van der Waals surface area contributed by atoms with Crippen LogP contribution >= 0.6 is 0 Å². The predicted octanol–water partition coefficient (Wildman–Crippen LogP) is 3.43. The monoisotopic (exact) mass is 481 g/mol. The fourth-order valence-corrected chi connectivity index (χ4v) is 5.91. The van der Waals surface area contributed by atoms with Crippen molar-refractivity contribution in [3.8, 4) is 5.75 Å². The SMILES string of the molecule is O=S1(=O)N[C@H](Cc2ccccc2)COc2cc(N3CCN(Cc4ccccc4F)CC3)ccc21. The molecule has 1 saturated heterocycles. The standard InChI is InChI=1S/C26H28FN3O3S/c27-24-9-5-4-8-21(24)18-29-12-14-30(15-13-29)23-10-11-26-25(17-23)33-19-22(28-34(26,31)32)16-20-6-2-1-3-7-20/h1-11,17,22,28H,12-16,18-19H2/t22-/m1/s1. The Bertz CT molecular complexity index is 1250. The minimum absolute atomic E-state index is 0.171. The number of fused-ring (bicyclic) bond motifs is 1. The Morgan fingerprint density at radius 1 is 0.941 bits per heavy atom. The van der Waals surface area contributed by atoms with E-state index in [1.807, 2.05) is 54.6 Å². The highest BCUT2D eigenvalue weighted by Crippen LogP contribution is 2.32. The number of sulfonamides is 1. The van der Waals surface area contributed by atoms with Crippen molar-refractivity contribution in [2.24, 2.45) is 0 Å². The van der Waals surface area contributed by atoms with Crippen LogP contribution in [0.3, 0.4) is 0 Å². The van der Waals surface area contributed by atoms with Crippen LogP contribution in [0.1, 0.15) is 11.1 Å². The molecule has 0 unspecified atom stereocenters. The van der Waals surface area contributed by atoms with Crippen LogP contribution in [-0.2, 0) is 23.0 Å². The predicted molar refractivity (Wildman–Crippen MR) is 130 cm³/mol. The lowest BCUT2D eigenvalue weighted by atomic mass is 10.1. The summed E-state index contributed by atoms with van der Waals surface area (Å²) in [4.78, 5) is 4.62. The van der Waals surface area contributed by atoms with Crippen LogP contribution < -0.4 is 14.4 Å². The van der Waals surface area contributed by atoms with Crippen LogP contribution in [0.2, 0.25) is 0 Å². The lowest BCUT2D eigenvalue weighted by Gasteiger charge is -2.36. The van der Waals surface area contributed by atoms with Gasteiger partial charge in [-0.1, -0.05) is 48.5 Å². The first-order valence-electron chi connectivity index (χ1n) is 11.5. The number of benzene rings is 3. The molecule has 6 nitrogen and oxygen atoms in total. The summed E-state index contributed by atoms with van der Waals surface area (Å²) in [5.74, 6) is 0.211. The first kappa shape index (κ1) is 22.8. The van der Waals surface area contributed by atoms with E-state index in [0.29, 0.717) is 24.3 Å². The summed E-state index contributed by atoms with van der Waals surface area (Å²) in [7, 11) is -3.68. The third kappa shape index (κ3) is 5.09. The summed E-state index contributed by atoms with van der Waals surface area (Å²) in [5.41, 5.74) is 2.69. The zero-order chi connectivity index (χ0) is 23.5. The molecule has 3 aromatic carbocycles. The van der Waals surface area contributed by atoms with Gasteiger partial charge >= 0.3 is 0 Å². The lowest BCUT2D eigenvalue weighted by molar-refractivity contribution is 0.246. The maximum Gasteiger partial charge on any atom is 0.244 e. The highest BCUT2D eigenvalue weighted by atomic mass is 32.2. The molecular weight excluding hydrogens is 453 g/mol. The van der Waals surface area contributed by atoms with Crippen molar-refractivity contribution >= 4 is 15.7 Å². The fraction of sp³-hybridized carbons (Fsp3) is 0.308. The molecule has 0 aliphatic carbocycles. The Hall–Kier alpha value is -2.94. The van der Waals surface area contributed by atoms with Crippen LogP contribution in [0, 0.1) is 5.82 Å². The number of hydrogen-bond donors (Lipinski definition) is 1. The van der Waals surface area contributed by atoms with E-state index in [9.17, 15) is 12.8 Å². The van der Waals surface area contributed by atoms with E-state index in [1.54, 1.807) is 12.1 Å². The molecule has 178 valence electrons. The molecule has 1 atom stereocenters. The summed E-state index contributed by atoms with van der Waals surface area (Å²) in [5, 5.41) is 0. The smallest absolute Gasteiger partial charge is 0.244 e. The van der Waals surface area contributed by atoms with Crippen LogP contribution in [0.25, 0.3) is 0 Å². The zero-order valence-electron chi connectivity index (χ0n) is 18.9. The van der Waals surface area contributed by atoms with E-state index in [2.05, 4.69) is 14.5 Å². The number of nitrogens with zero attached hydrogens (tertiary/aromatic N) is 2. The maximum absolute atomic E-state index is 14.0. The number of rotatable bonds is 5. The van der Waals surface area contributed by atoms with E-state index in [0.717, 1.165) is 37.4 Å². The van der Waals surface area contributed by atoms with E-state index in [4.69, 9.17) is 4.74 Å². The van der Waals surface area contributed by atoms with Crippen LogP contribution in [0.15, 0.2) is 77.7 Å². The van der Waals surface area contributed by atoms with Gasteiger partial charge in [-0.05, 0) is 30.2 Å². The van der Waals surface area contributed by atoms with Crippen molar-refractivity contribution in [1.82, 2.24) is 9.62 Å². The van der Waals surface area contributed by atoms with Gasteiger partial charge < -0.3 is 9.64 Å². The third-order valence-electron chi connectivity index (χ3n) is 6.39. The Morgan fingerprint density at radius 2 is 1.68 bits per heavy atom. The number of nitrogens with one attached hydrogen (secondary N) is 1. The Labute approximate surface area is 200 Å². The van der Waals surface area contributed by atoms with E-state index in [-0.39, 0.29) is 23.4 Å². The molecule has 1 fully saturated rings. The third-order valence-corrected chi connectivity index (χ3v) is 7.95. The van der Waals surface area contributed by atoms with Gasteiger partial charge in [0.1, 0.15) is 23.1 Å². The first-order chi connectivity index (χ1) is 16.5. The molecule has 3 aromatic rings. The molecular formula is C26H28FN3O3S. The molecule has 0 bridgehead atoms. The molecule has 1 N–H and O–H groups in total. The molecule has 2 aliphatic heterocycles. The quantitative estimate of drug-likeness (QED) is 0.605. The van der Waals surface area contributed by atoms with E-state index in [1.165, 1.54) is 6.07 Å². The fourth-order valence-electron chi connectivity index (χ4n) is 4.57. The average molecular weight is 482 g/mol. The van der Waals surface area contributed by atoms with Crippen molar-refractivity contribution in [1.29, 1.82) is 0 Å². The largest absolute Gasteiger partial charge is 0.490 e. The van der Waals surface area contributed by atoms with Crippen molar-refractivity contribution in [2.75, 3.05) is 37.7 Å². The van der Waals surface area contributed by atoms with Crippen molar-refractivity contribution < 1.29 is 17.5 Å². The second-order valence-corrected chi connectivity index (χ2v) is 10.5. The molecule has 2 heterocycles. The summed E-state index contributed by atoms with van der Waals surface area (Å²) >= 11 is 0. The Kier molecular flexibility index (Phi) is 6.54. The number of anilines is 1. The van der Waals surface area contributed by atoms with Gasteiger partial charge in [-0.15, -0.1) is 0 Å². The van der Waals surface area contributed by atoms with Crippen LogP contribution in [0.4, 0.5) is 10.1 Å². The molecule has 0 saturated carbocycles. The summed E-state index contributed by atoms with van der Waals surface area (Å²) < 4.78 is 48.7. The minimum Gasteiger partial charge on any atom is -0.490 e. The second-order valence-electron chi connectivity index (χ2n) is 8.80. The molecule has 0 radical (unpaired) electrons. The second kappa shape index (κ2) is 9.74. The van der Waals surface area contributed by atoms with Gasteiger partial charge in [0.2, 0.25) is 10.0 Å². The molecule has 34 heavy (non-hydrogen) atoms. The molecule has 0 amide bonds. The minimum atomic E-state index is -3.68. The normalized spacial score (nSPS) is 20.3. The van der Waals surface area contributed by atoms with Crippen LogP contribution in [-0.4, -0.2) is 52.1 Å². The molecule has 2 aliphatic rings. The molecule has 8 heteroatoms. The van der Waals surface area contributed by atoms with Gasteiger partial charge in [0.15, 0.2) is 0 Å². The number of piperazine rings is 1. The molecule has 0 spiro atoms. The summed E-state index contributed by atoms with van der Waals surface area (Å²) in [6, 6.07) is 21.6. The average Bonchev–Trinajstić information content (AvgIpc) is 2.97. The number of halogens is 1. The maximum atomic E-state index is 14.0. The topological polar surface area (TPSA) is 61.9 Å². The first-order valence-corrected chi connectivity index (χ1v) is 13.0. The Balaban J connectivity index is 1.26. The van der Waals surface area contributed by atoms with Gasteiger partial charge in [-0.25, -0.2) is 17.5 Å². The summed E-state index contributed by atoms with van der Waals surface area (Å²) in [6.07, 6.45) is 0.560. The van der Waals surface area contributed by atoms with Gasteiger partial charge in [0.25, 0.3) is 0 Å². The molecule has 5 rings (SSSR count). The number of ether oxygens (including phenoxy) is 1.